The van der Waals surface area contributed by atoms with E-state index in [1.807, 2.05) is 0 Å². The van der Waals surface area contributed by atoms with Crippen molar-refractivity contribution in [2.45, 2.75) is 6.04 Å². The van der Waals surface area contributed by atoms with Crippen LogP contribution < -0.4 is 22.9 Å². The zero-order chi connectivity index (χ0) is 16.3. The molecule has 1 aliphatic rings. The second-order valence-electron chi connectivity index (χ2n) is 4.25. The van der Waals surface area contributed by atoms with Crippen LogP contribution in [0, 0.1) is 10.1 Å². The lowest BCUT2D eigenvalue weighted by Crippen LogP contribution is -2.33. The summed E-state index contributed by atoms with van der Waals surface area (Å²) in [5.74, 6) is -0.636. The maximum atomic E-state index is 11.4. The Morgan fingerprint density at radius 2 is 1.29 bits per heavy atom. The molecule has 0 heterocycles. The fourth-order valence-corrected chi connectivity index (χ4v) is 1.99. The van der Waals surface area contributed by atoms with E-state index in [0.717, 1.165) is 0 Å². The molecule has 0 bridgehead atoms. The first-order valence-electron chi connectivity index (χ1n) is 5.98. The maximum Gasteiger partial charge on any atom is 0.301 e. The molecule has 0 amide bonds. The van der Waals surface area contributed by atoms with Crippen LogP contribution >= 0.6 is 24.8 Å². The molecule has 0 saturated heterocycles. The maximum absolute atomic E-state index is 11.4. The van der Waals surface area contributed by atoms with E-state index in [9.17, 15) is 10.1 Å². The Kier molecular flexibility index (Phi) is 7.59. The van der Waals surface area contributed by atoms with Crippen molar-refractivity contribution in [1.82, 2.24) is 0 Å². The van der Waals surface area contributed by atoms with Crippen LogP contribution in [0.15, 0.2) is 44.7 Å². The molecule has 0 fully saturated rings. The first kappa shape index (κ1) is 21.1. The van der Waals surface area contributed by atoms with Crippen LogP contribution in [0.4, 0.5) is 0 Å². The lowest BCUT2D eigenvalue weighted by molar-refractivity contribution is -0.483. The minimum absolute atomic E-state index is 0. The number of nitro groups is 1. The highest BCUT2D eigenvalue weighted by Gasteiger charge is 2.44. The van der Waals surface area contributed by atoms with E-state index in [0.29, 0.717) is 11.1 Å². The Morgan fingerprint density at radius 1 is 0.917 bits per heavy atom. The topological polar surface area (TPSA) is 197 Å². The molecule has 0 atom stereocenters. The highest BCUT2D eigenvalue weighted by atomic mass is 35.5. The third-order valence-electron chi connectivity index (χ3n) is 2.75. The molecule has 1 aliphatic carbocycles. The molecule has 0 unspecified atom stereocenters. The van der Waals surface area contributed by atoms with Crippen LogP contribution in [-0.4, -0.2) is 34.3 Å². The minimum Gasteiger partial charge on any atom is -0.369 e. The summed E-state index contributed by atoms with van der Waals surface area (Å²) in [6, 6.07) is 5.31. The Bertz CT molecular complexity index is 682. The molecule has 0 spiro atoms. The first-order chi connectivity index (χ1) is 10.4. The van der Waals surface area contributed by atoms with Gasteiger partial charge in [0.2, 0.25) is 11.9 Å². The normalized spacial score (nSPS) is 18.1. The van der Waals surface area contributed by atoms with Gasteiger partial charge in [0.15, 0.2) is 11.4 Å². The summed E-state index contributed by atoms with van der Waals surface area (Å²) in [6.07, 6.45) is 0. The summed E-state index contributed by atoms with van der Waals surface area (Å²) >= 11 is 0. The van der Waals surface area contributed by atoms with Crippen molar-refractivity contribution in [1.29, 1.82) is 0 Å². The van der Waals surface area contributed by atoms with Crippen LogP contribution in [0.1, 0.15) is 11.1 Å². The second kappa shape index (κ2) is 8.64. The number of halogens is 2. The molecule has 13 heteroatoms. The van der Waals surface area contributed by atoms with Crippen LogP contribution in [0.5, 0.6) is 0 Å². The average Bonchev–Trinajstić information content (AvgIpc) is 2.77. The summed E-state index contributed by atoms with van der Waals surface area (Å²) in [5, 5.41) is 25.9. The van der Waals surface area contributed by atoms with Gasteiger partial charge in [0.25, 0.3) is 0 Å². The van der Waals surface area contributed by atoms with Crippen LogP contribution in [0.25, 0.3) is 0 Å². The van der Waals surface area contributed by atoms with E-state index in [4.69, 9.17) is 22.9 Å². The van der Waals surface area contributed by atoms with Gasteiger partial charge in [-0.15, -0.1) is 45.2 Å². The molecule has 0 aromatic heterocycles. The largest absolute Gasteiger partial charge is 0.369 e. The SMILES string of the molecule is Cl.Cl.NC(N)=NN=C1c2ccccc2C(=NN=C(N)N)C1[N+](=O)[O-]. The highest BCUT2D eigenvalue weighted by molar-refractivity contribution is 6.32. The summed E-state index contributed by atoms with van der Waals surface area (Å²) in [7, 11) is 0. The van der Waals surface area contributed by atoms with E-state index in [1.165, 1.54) is 0 Å². The van der Waals surface area contributed by atoms with Crippen LogP contribution in [-0.2, 0) is 0 Å². The van der Waals surface area contributed by atoms with Gasteiger partial charge in [0.1, 0.15) is 0 Å². The molecule has 130 valence electrons. The van der Waals surface area contributed by atoms with Crippen molar-refractivity contribution >= 4 is 48.2 Å². The van der Waals surface area contributed by atoms with Gasteiger partial charge in [-0.2, -0.15) is 0 Å². The number of rotatable bonds is 3. The quantitative estimate of drug-likeness (QED) is 0.229. The van der Waals surface area contributed by atoms with E-state index in [2.05, 4.69) is 20.4 Å². The average molecular weight is 376 g/mol. The van der Waals surface area contributed by atoms with E-state index in [-0.39, 0.29) is 48.2 Å². The van der Waals surface area contributed by atoms with Gasteiger partial charge >= 0.3 is 6.04 Å². The smallest absolute Gasteiger partial charge is 0.301 e. The van der Waals surface area contributed by atoms with Gasteiger partial charge < -0.3 is 22.9 Å². The highest BCUT2D eigenvalue weighted by Crippen LogP contribution is 2.26. The third-order valence-corrected chi connectivity index (χ3v) is 2.75. The van der Waals surface area contributed by atoms with Crippen molar-refractivity contribution in [3.63, 3.8) is 0 Å². The molecule has 1 aromatic rings. The predicted molar refractivity (Wildman–Crippen MR) is 96.4 cm³/mol. The van der Waals surface area contributed by atoms with E-state index >= 15 is 0 Å². The monoisotopic (exact) mass is 375 g/mol. The Labute approximate surface area is 148 Å². The molecule has 2 rings (SSSR count). The van der Waals surface area contributed by atoms with Crippen LogP contribution in [0.2, 0.25) is 0 Å². The number of nitrogens with zero attached hydrogens (tertiary/aromatic N) is 5. The number of guanidine groups is 2. The van der Waals surface area contributed by atoms with Gasteiger partial charge in [-0.25, -0.2) is 0 Å². The van der Waals surface area contributed by atoms with Crippen molar-refractivity contribution in [3.05, 3.63) is 45.5 Å². The van der Waals surface area contributed by atoms with Gasteiger partial charge in [0.05, 0.1) is 0 Å². The Balaban J connectivity index is 0.00000264. The van der Waals surface area contributed by atoms with E-state index in [1.54, 1.807) is 24.3 Å². The summed E-state index contributed by atoms with van der Waals surface area (Å²) < 4.78 is 0. The fraction of sp³-hybridized carbons (Fsp3) is 0.0909. The summed E-state index contributed by atoms with van der Waals surface area (Å²) in [5.41, 5.74) is 21.9. The molecular formula is C11H15Cl2N9O2. The standard InChI is InChI=1S/C11H13N9O2.2ClH/c12-10(13)18-16-7-5-3-1-2-4-6(5)8(9(7)20(21)22)17-19-11(14)15;;/h1-4,9H,(H4,12,13,18)(H4,14,15,19);2*1H. The van der Waals surface area contributed by atoms with Gasteiger partial charge in [-0.05, 0) is 0 Å². The number of benzene rings is 1. The van der Waals surface area contributed by atoms with Crippen molar-refractivity contribution in [3.8, 4) is 0 Å². The Hall–Kier alpha value is -2.92. The molecule has 1 aromatic carbocycles. The zero-order valence-electron chi connectivity index (χ0n) is 12.1. The Morgan fingerprint density at radius 3 is 1.58 bits per heavy atom. The van der Waals surface area contributed by atoms with Crippen LogP contribution in [0.3, 0.4) is 0 Å². The molecule has 8 N–H and O–H groups in total. The summed E-state index contributed by atoms with van der Waals surface area (Å²) in [6.45, 7) is 0. The fourth-order valence-electron chi connectivity index (χ4n) is 1.99. The molecule has 24 heavy (non-hydrogen) atoms. The number of nitrogens with two attached hydrogens (primary N) is 4. The minimum atomic E-state index is -1.37. The number of fused-ring (bicyclic) bond motifs is 1. The first-order valence-corrected chi connectivity index (χ1v) is 5.98. The second-order valence-corrected chi connectivity index (χ2v) is 4.25. The molecular weight excluding hydrogens is 361 g/mol. The summed E-state index contributed by atoms with van der Waals surface area (Å²) in [4.78, 5) is 10.8. The lowest BCUT2D eigenvalue weighted by Gasteiger charge is -2.02. The van der Waals surface area contributed by atoms with Gasteiger partial charge in [-0.1, -0.05) is 24.3 Å². The molecule has 11 nitrogen and oxygen atoms in total. The zero-order valence-corrected chi connectivity index (χ0v) is 13.7. The van der Waals surface area contributed by atoms with Crippen molar-refractivity contribution < 1.29 is 4.92 Å². The van der Waals surface area contributed by atoms with E-state index < -0.39 is 11.0 Å². The molecule has 0 saturated carbocycles. The molecule has 0 radical (unpaired) electrons. The number of hydrogen-bond donors (Lipinski definition) is 4. The van der Waals surface area contributed by atoms with Gasteiger partial charge in [-0.3, -0.25) is 10.1 Å². The third kappa shape index (κ3) is 4.30. The molecule has 0 aliphatic heterocycles. The van der Waals surface area contributed by atoms with Crippen molar-refractivity contribution in [2.75, 3.05) is 0 Å². The van der Waals surface area contributed by atoms with Gasteiger partial charge in [0, 0.05) is 16.1 Å². The number of hydrogen-bond acceptors (Lipinski definition) is 6. The lowest BCUT2D eigenvalue weighted by atomic mass is 10.1. The van der Waals surface area contributed by atoms with Crippen molar-refractivity contribution in [2.24, 2.45) is 43.3 Å². The predicted octanol–water partition coefficient (Wildman–Crippen LogP) is -0.856.